The van der Waals surface area contributed by atoms with Gasteiger partial charge in [-0.25, -0.2) is 8.42 Å². The predicted octanol–water partition coefficient (Wildman–Crippen LogP) is 3.86. The number of nitrogens with zero attached hydrogens (tertiary/aromatic N) is 1. The summed E-state index contributed by atoms with van der Waals surface area (Å²) in [5.74, 6) is -0.283. The van der Waals surface area contributed by atoms with E-state index in [0.29, 0.717) is 33.2 Å². The van der Waals surface area contributed by atoms with E-state index in [4.69, 9.17) is 0 Å². The van der Waals surface area contributed by atoms with E-state index in [1.807, 2.05) is 6.07 Å². The molecule has 0 saturated carbocycles. The molecule has 0 unspecified atom stereocenters. The van der Waals surface area contributed by atoms with E-state index < -0.39 is 10.0 Å². The van der Waals surface area contributed by atoms with E-state index >= 15 is 0 Å². The van der Waals surface area contributed by atoms with Crippen molar-refractivity contribution in [3.8, 4) is 11.1 Å². The highest BCUT2D eigenvalue weighted by Crippen LogP contribution is 2.41. The van der Waals surface area contributed by atoms with Crippen molar-refractivity contribution in [1.29, 1.82) is 0 Å². The molecule has 6 nitrogen and oxygen atoms in total. The number of hydrogen-bond acceptors (Lipinski definition) is 4. The second-order valence-corrected chi connectivity index (χ2v) is 9.23. The zero-order valence-electron chi connectivity index (χ0n) is 16.8. The first-order valence-corrected chi connectivity index (χ1v) is 11.2. The second-order valence-electron chi connectivity index (χ2n) is 7.58. The summed E-state index contributed by atoms with van der Waals surface area (Å²) >= 11 is 0. The fraction of sp³-hybridized carbons (Fsp3) is 0.0833. The fourth-order valence-electron chi connectivity index (χ4n) is 4.20. The lowest BCUT2D eigenvalue weighted by molar-refractivity contribution is 0.104. The van der Waals surface area contributed by atoms with Gasteiger partial charge in [0.2, 0.25) is 0 Å². The molecule has 0 radical (unpaired) electrons. The Bertz CT molecular complexity index is 1580. The Morgan fingerprint density at radius 3 is 2.26 bits per heavy atom. The largest absolute Gasteiger partial charge is 0.311 e. The number of anilines is 1. The van der Waals surface area contributed by atoms with E-state index in [9.17, 15) is 18.0 Å². The van der Waals surface area contributed by atoms with Crippen molar-refractivity contribution in [2.45, 2.75) is 11.8 Å². The standard InChI is InChI=1S/C24H18N2O4S/c1-14-7-3-6-10-20(14)31(29,30)25-18-11-12-19-22-17(13-21(27)26(19)2)15-8-4-5-9-16(15)24(28)23(18)22/h3-13,25H,1-2H3. The molecule has 31 heavy (non-hydrogen) atoms. The molecule has 0 amide bonds. The molecule has 7 heteroatoms. The lowest BCUT2D eigenvalue weighted by Crippen LogP contribution is -2.22. The number of fused-ring (bicyclic) bond motifs is 2. The Labute approximate surface area is 178 Å². The Hall–Kier alpha value is -3.71. The van der Waals surface area contributed by atoms with Crippen LogP contribution < -0.4 is 10.3 Å². The van der Waals surface area contributed by atoms with Crippen LogP contribution in [0.15, 0.2) is 76.4 Å². The summed E-state index contributed by atoms with van der Waals surface area (Å²) in [6.45, 7) is 1.72. The molecular weight excluding hydrogens is 412 g/mol. The molecule has 154 valence electrons. The monoisotopic (exact) mass is 430 g/mol. The molecule has 1 aliphatic carbocycles. The molecule has 4 aromatic rings. The summed E-state index contributed by atoms with van der Waals surface area (Å²) in [5.41, 5.74) is 3.14. The van der Waals surface area contributed by atoms with Crippen LogP contribution in [0.25, 0.3) is 22.0 Å². The lowest BCUT2D eigenvalue weighted by Gasteiger charge is -2.23. The van der Waals surface area contributed by atoms with E-state index in [1.54, 1.807) is 62.5 Å². The molecule has 0 aliphatic heterocycles. The van der Waals surface area contributed by atoms with Gasteiger partial charge in [0, 0.05) is 24.1 Å². The molecule has 1 heterocycles. The summed E-state index contributed by atoms with van der Waals surface area (Å²) in [5, 5.41) is 0.566. The van der Waals surface area contributed by atoms with Crippen LogP contribution >= 0.6 is 0 Å². The van der Waals surface area contributed by atoms with Gasteiger partial charge in [-0.3, -0.25) is 14.3 Å². The van der Waals surface area contributed by atoms with Crippen molar-refractivity contribution in [1.82, 2.24) is 4.57 Å². The number of ketones is 1. The Balaban J connectivity index is 1.82. The zero-order chi connectivity index (χ0) is 21.9. The molecule has 0 bridgehead atoms. The third-order valence-electron chi connectivity index (χ3n) is 5.73. The van der Waals surface area contributed by atoms with Gasteiger partial charge in [0.05, 0.1) is 21.7 Å². The maximum absolute atomic E-state index is 13.5. The van der Waals surface area contributed by atoms with Crippen LogP contribution in [0.5, 0.6) is 0 Å². The summed E-state index contributed by atoms with van der Waals surface area (Å²) in [7, 11) is -2.29. The first-order valence-electron chi connectivity index (χ1n) is 9.69. The highest BCUT2D eigenvalue weighted by atomic mass is 32.2. The van der Waals surface area contributed by atoms with Crippen molar-refractivity contribution >= 4 is 32.4 Å². The quantitative estimate of drug-likeness (QED) is 0.471. The molecule has 0 atom stereocenters. The third-order valence-corrected chi connectivity index (χ3v) is 7.25. The summed E-state index contributed by atoms with van der Waals surface area (Å²) < 4.78 is 30.3. The SMILES string of the molecule is Cc1ccccc1S(=O)(=O)Nc1ccc2c3c(cc(=O)n2C)-c2ccccc2C(=O)c13. The molecule has 1 aromatic heterocycles. The van der Waals surface area contributed by atoms with Crippen molar-refractivity contribution < 1.29 is 13.2 Å². The molecule has 5 rings (SSSR count). The highest BCUT2D eigenvalue weighted by molar-refractivity contribution is 7.92. The Kier molecular flexibility index (Phi) is 4.13. The lowest BCUT2D eigenvalue weighted by atomic mass is 9.83. The number of pyridine rings is 1. The van der Waals surface area contributed by atoms with Crippen LogP contribution in [0.4, 0.5) is 5.69 Å². The molecule has 1 N–H and O–H groups in total. The van der Waals surface area contributed by atoms with E-state index in [0.717, 1.165) is 0 Å². The molecule has 0 fully saturated rings. The average molecular weight is 430 g/mol. The summed E-state index contributed by atoms with van der Waals surface area (Å²) in [6, 6.07) is 18.4. The van der Waals surface area contributed by atoms with Crippen molar-refractivity contribution in [2.24, 2.45) is 7.05 Å². The zero-order valence-corrected chi connectivity index (χ0v) is 17.7. The third kappa shape index (κ3) is 2.81. The highest BCUT2D eigenvalue weighted by Gasteiger charge is 2.30. The number of aromatic nitrogens is 1. The van der Waals surface area contributed by atoms with Crippen LogP contribution in [0, 0.1) is 6.92 Å². The van der Waals surface area contributed by atoms with Crippen LogP contribution in [0.1, 0.15) is 21.5 Å². The first kappa shape index (κ1) is 19.3. The molecule has 1 aliphatic rings. The number of carbonyl (C=O) groups excluding carboxylic acids is 1. The minimum Gasteiger partial charge on any atom is -0.311 e. The van der Waals surface area contributed by atoms with Crippen molar-refractivity contribution in [3.05, 3.63) is 93.8 Å². The van der Waals surface area contributed by atoms with Crippen LogP contribution in [-0.4, -0.2) is 18.8 Å². The molecule has 3 aromatic carbocycles. The van der Waals surface area contributed by atoms with Crippen molar-refractivity contribution in [2.75, 3.05) is 4.72 Å². The minimum absolute atomic E-state index is 0.145. The smallest absolute Gasteiger partial charge is 0.262 e. The van der Waals surface area contributed by atoms with Gasteiger partial charge in [0.1, 0.15) is 0 Å². The number of carbonyl (C=O) groups is 1. The van der Waals surface area contributed by atoms with Gasteiger partial charge in [0.25, 0.3) is 15.6 Å². The van der Waals surface area contributed by atoms with Crippen LogP contribution in [0.3, 0.4) is 0 Å². The topological polar surface area (TPSA) is 85.2 Å². The van der Waals surface area contributed by atoms with E-state index in [2.05, 4.69) is 4.72 Å². The van der Waals surface area contributed by atoms with Crippen LogP contribution in [0.2, 0.25) is 0 Å². The predicted molar refractivity (Wildman–Crippen MR) is 120 cm³/mol. The second kappa shape index (κ2) is 6.65. The van der Waals surface area contributed by atoms with E-state index in [-0.39, 0.29) is 27.5 Å². The van der Waals surface area contributed by atoms with Gasteiger partial charge in [-0.05, 0) is 41.8 Å². The molecular formula is C24H18N2O4S. The summed E-state index contributed by atoms with van der Waals surface area (Å²) in [4.78, 5) is 26.2. The van der Waals surface area contributed by atoms with Gasteiger partial charge in [0.15, 0.2) is 5.78 Å². The molecule has 0 spiro atoms. The number of benzene rings is 3. The minimum atomic E-state index is -3.92. The fourth-order valence-corrected chi connectivity index (χ4v) is 5.52. The van der Waals surface area contributed by atoms with Gasteiger partial charge in [-0.2, -0.15) is 0 Å². The van der Waals surface area contributed by atoms with E-state index in [1.165, 1.54) is 16.7 Å². The van der Waals surface area contributed by atoms with Gasteiger partial charge in [-0.15, -0.1) is 0 Å². The average Bonchev–Trinajstić information content (AvgIpc) is 2.75. The molecule has 0 saturated heterocycles. The van der Waals surface area contributed by atoms with Crippen molar-refractivity contribution in [3.63, 3.8) is 0 Å². The van der Waals surface area contributed by atoms with Gasteiger partial charge >= 0.3 is 0 Å². The Morgan fingerprint density at radius 2 is 1.52 bits per heavy atom. The van der Waals surface area contributed by atoms with Gasteiger partial charge < -0.3 is 4.57 Å². The number of aryl methyl sites for hydroxylation is 2. The van der Waals surface area contributed by atoms with Crippen LogP contribution in [-0.2, 0) is 17.1 Å². The first-order chi connectivity index (χ1) is 14.8. The number of nitrogens with one attached hydrogen (secondary N) is 1. The maximum Gasteiger partial charge on any atom is 0.262 e. The maximum atomic E-state index is 13.5. The number of rotatable bonds is 3. The summed E-state index contributed by atoms with van der Waals surface area (Å²) in [6.07, 6.45) is 0. The Morgan fingerprint density at radius 1 is 0.839 bits per heavy atom. The normalized spacial score (nSPS) is 12.6. The number of sulfonamides is 1. The van der Waals surface area contributed by atoms with Gasteiger partial charge in [-0.1, -0.05) is 42.5 Å². The number of hydrogen-bond donors (Lipinski definition) is 1.